The molecule has 0 radical (unpaired) electrons. The van der Waals surface area contributed by atoms with E-state index in [2.05, 4.69) is 10.6 Å². The van der Waals surface area contributed by atoms with Gasteiger partial charge in [-0.3, -0.25) is 4.79 Å². The number of carbonyl (C=O) groups excluding carboxylic acids is 1. The van der Waals surface area contributed by atoms with Crippen molar-refractivity contribution in [2.24, 2.45) is 0 Å². The third-order valence-corrected chi connectivity index (χ3v) is 2.93. The number of hydrogen-bond acceptors (Lipinski definition) is 3. The quantitative estimate of drug-likeness (QED) is 0.702. The van der Waals surface area contributed by atoms with Gasteiger partial charge in [0.1, 0.15) is 0 Å². The Kier molecular flexibility index (Phi) is 3.19. The smallest absolute Gasteiger partial charge is 0.220 e. The van der Waals surface area contributed by atoms with Crippen LogP contribution in [0.2, 0.25) is 5.02 Å². The molecular formula is C11H14ClN3O. The van der Waals surface area contributed by atoms with Crippen molar-refractivity contribution in [2.45, 2.75) is 18.9 Å². The van der Waals surface area contributed by atoms with Gasteiger partial charge < -0.3 is 16.4 Å². The van der Waals surface area contributed by atoms with E-state index in [0.717, 1.165) is 12.1 Å². The summed E-state index contributed by atoms with van der Waals surface area (Å²) in [5.41, 5.74) is 7.08. The van der Waals surface area contributed by atoms with Gasteiger partial charge in [-0.25, -0.2) is 0 Å². The number of nitrogens with two attached hydrogens (primary N) is 1. The second-order valence-corrected chi connectivity index (χ2v) is 4.33. The van der Waals surface area contributed by atoms with E-state index in [0.29, 0.717) is 23.7 Å². The topological polar surface area (TPSA) is 67.1 Å². The molecule has 86 valence electrons. The van der Waals surface area contributed by atoms with E-state index in [4.69, 9.17) is 17.3 Å². The van der Waals surface area contributed by atoms with Gasteiger partial charge in [0, 0.05) is 24.7 Å². The molecule has 0 saturated carbocycles. The molecule has 5 heteroatoms. The normalized spacial score (nSPS) is 19.6. The van der Waals surface area contributed by atoms with Crippen molar-refractivity contribution >= 4 is 28.9 Å². The number of amides is 1. The third-order valence-electron chi connectivity index (χ3n) is 2.62. The molecule has 4 N–H and O–H groups in total. The minimum absolute atomic E-state index is 0.121. The van der Waals surface area contributed by atoms with Gasteiger partial charge in [-0.1, -0.05) is 11.6 Å². The zero-order valence-corrected chi connectivity index (χ0v) is 9.55. The van der Waals surface area contributed by atoms with Gasteiger partial charge in [0.05, 0.1) is 10.7 Å². The molecule has 1 amide bonds. The molecule has 1 aromatic rings. The molecule has 1 atom stereocenters. The molecule has 2 rings (SSSR count). The first-order valence-corrected chi connectivity index (χ1v) is 5.61. The molecule has 0 aromatic heterocycles. The fraction of sp³-hybridized carbons (Fsp3) is 0.364. The lowest BCUT2D eigenvalue weighted by atomic mass is 10.2. The fourth-order valence-electron chi connectivity index (χ4n) is 1.74. The van der Waals surface area contributed by atoms with Crippen LogP contribution in [-0.2, 0) is 4.79 Å². The summed E-state index contributed by atoms with van der Waals surface area (Å²) in [7, 11) is 0. The summed E-state index contributed by atoms with van der Waals surface area (Å²) < 4.78 is 0. The van der Waals surface area contributed by atoms with Crippen LogP contribution in [0, 0.1) is 0 Å². The zero-order valence-electron chi connectivity index (χ0n) is 8.79. The maximum absolute atomic E-state index is 11.0. The lowest BCUT2D eigenvalue weighted by molar-refractivity contribution is -0.119. The first kappa shape index (κ1) is 11.1. The van der Waals surface area contributed by atoms with Crippen molar-refractivity contribution in [3.63, 3.8) is 0 Å². The number of nitrogens with one attached hydrogen (secondary N) is 2. The Balaban J connectivity index is 1.92. The molecule has 1 saturated heterocycles. The van der Waals surface area contributed by atoms with E-state index in [-0.39, 0.29) is 11.9 Å². The van der Waals surface area contributed by atoms with E-state index >= 15 is 0 Å². The van der Waals surface area contributed by atoms with Crippen LogP contribution in [0.25, 0.3) is 0 Å². The van der Waals surface area contributed by atoms with E-state index in [1.54, 1.807) is 12.1 Å². The van der Waals surface area contributed by atoms with Crippen molar-refractivity contribution in [3.05, 3.63) is 23.2 Å². The van der Waals surface area contributed by atoms with Crippen molar-refractivity contribution < 1.29 is 4.79 Å². The zero-order chi connectivity index (χ0) is 11.5. The number of carbonyl (C=O) groups is 1. The van der Waals surface area contributed by atoms with Crippen LogP contribution in [0.4, 0.5) is 11.4 Å². The Hall–Kier alpha value is -1.42. The molecule has 1 aliphatic rings. The molecule has 16 heavy (non-hydrogen) atoms. The van der Waals surface area contributed by atoms with E-state index in [1.807, 2.05) is 6.07 Å². The molecule has 0 spiro atoms. The molecule has 0 aliphatic carbocycles. The van der Waals surface area contributed by atoms with Crippen LogP contribution in [-0.4, -0.2) is 18.5 Å². The van der Waals surface area contributed by atoms with Crippen molar-refractivity contribution in [1.29, 1.82) is 0 Å². The van der Waals surface area contributed by atoms with Crippen molar-refractivity contribution in [1.82, 2.24) is 5.32 Å². The monoisotopic (exact) mass is 239 g/mol. The molecule has 1 heterocycles. The predicted octanol–water partition coefficient (Wildman–Crippen LogP) is 1.61. The van der Waals surface area contributed by atoms with Crippen LogP contribution < -0.4 is 16.4 Å². The number of anilines is 2. The molecule has 1 unspecified atom stereocenters. The molecule has 1 aromatic carbocycles. The fourth-order valence-corrected chi connectivity index (χ4v) is 1.99. The minimum Gasteiger partial charge on any atom is -0.399 e. The number of halogens is 1. The summed E-state index contributed by atoms with van der Waals surface area (Å²) in [6, 6.07) is 5.54. The predicted molar refractivity (Wildman–Crippen MR) is 65.5 cm³/mol. The van der Waals surface area contributed by atoms with Gasteiger partial charge in [0.15, 0.2) is 0 Å². The average molecular weight is 240 g/mol. The Morgan fingerprint density at radius 3 is 3.00 bits per heavy atom. The SMILES string of the molecule is Nc1ccc(NCC2CCC(=O)N2)c(Cl)c1. The van der Waals surface area contributed by atoms with Crippen molar-refractivity contribution in [2.75, 3.05) is 17.6 Å². The Labute approximate surface area is 99.2 Å². The number of benzene rings is 1. The first-order valence-electron chi connectivity index (χ1n) is 5.23. The van der Waals surface area contributed by atoms with Gasteiger partial charge >= 0.3 is 0 Å². The Bertz CT molecular complexity index is 408. The molecule has 1 fully saturated rings. The summed E-state index contributed by atoms with van der Waals surface area (Å²) in [6.45, 7) is 0.690. The number of hydrogen-bond donors (Lipinski definition) is 3. The van der Waals surface area contributed by atoms with E-state index < -0.39 is 0 Å². The second kappa shape index (κ2) is 4.61. The lowest BCUT2D eigenvalue weighted by Gasteiger charge is -2.13. The molecule has 0 bridgehead atoms. The van der Waals surface area contributed by atoms with Crippen LogP contribution in [0.3, 0.4) is 0 Å². The van der Waals surface area contributed by atoms with Crippen LogP contribution in [0.15, 0.2) is 18.2 Å². The van der Waals surface area contributed by atoms with Crippen molar-refractivity contribution in [3.8, 4) is 0 Å². The van der Waals surface area contributed by atoms with Crippen LogP contribution in [0.5, 0.6) is 0 Å². The van der Waals surface area contributed by atoms with Gasteiger partial charge in [-0.2, -0.15) is 0 Å². The third kappa shape index (κ3) is 2.58. The number of nitrogen functional groups attached to an aromatic ring is 1. The van der Waals surface area contributed by atoms with Gasteiger partial charge in [0.25, 0.3) is 0 Å². The molecule has 1 aliphatic heterocycles. The van der Waals surface area contributed by atoms with Crippen LogP contribution in [0.1, 0.15) is 12.8 Å². The summed E-state index contributed by atoms with van der Waals surface area (Å²) in [4.78, 5) is 11.0. The van der Waals surface area contributed by atoms with Crippen LogP contribution >= 0.6 is 11.6 Å². The number of rotatable bonds is 3. The highest BCUT2D eigenvalue weighted by Crippen LogP contribution is 2.24. The summed E-state index contributed by atoms with van der Waals surface area (Å²) in [5, 5.41) is 6.69. The maximum atomic E-state index is 11.0. The Morgan fingerprint density at radius 2 is 2.38 bits per heavy atom. The highest BCUT2D eigenvalue weighted by Gasteiger charge is 2.20. The average Bonchev–Trinajstić information content (AvgIpc) is 2.63. The summed E-state index contributed by atoms with van der Waals surface area (Å²) in [6.07, 6.45) is 1.49. The van der Waals surface area contributed by atoms with E-state index in [9.17, 15) is 4.79 Å². The maximum Gasteiger partial charge on any atom is 0.220 e. The first-order chi connectivity index (χ1) is 7.65. The highest BCUT2D eigenvalue weighted by molar-refractivity contribution is 6.33. The second-order valence-electron chi connectivity index (χ2n) is 3.92. The molecular weight excluding hydrogens is 226 g/mol. The highest BCUT2D eigenvalue weighted by atomic mass is 35.5. The molecule has 4 nitrogen and oxygen atoms in total. The van der Waals surface area contributed by atoms with Gasteiger partial charge in [-0.05, 0) is 24.6 Å². The minimum atomic E-state index is 0.121. The summed E-state index contributed by atoms with van der Waals surface area (Å²) in [5.74, 6) is 0.121. The Morgan fingerprint density at radius 1 is 1.56 bits per heavy atom. The largest absolute Gasteiger partial charge is 0.399 e. The van der Waals surface area contributed by atoms with Gasteiger partial charge in [-0.15, -0.1) is 0 Å². The lowest BCUT2D eigenvalue weighted by Crippen LogP contribution is -2.31. The van der Waals surface area contributed by atoms with Gasteiger partial charge in [0.2, 0.25) is 5.91 Å². The van der Waals surface area contributed by atoms with E-state index in [1.165, 1.54) is 0 Å². The standard InChI is InChI=1S/C11H14ClN3O/c12-9-5-7(13)1-3-10(9)14-6-8-2-4-11(16)15-8/h1,3,5,8,14H,2,4,6,13H2,(H,15,16). The summed E-state index contributed by atoms with van der Waals surface area (Å²) >= 11 is 6.01.